The minimum Gasteiger partial charge on any atom is -0.508 e. The van der Waals surface area contributed by atoms with E-state index in [-0.39, 0.29) is 5.28 Å². The lowest BCUT2D eigenvalue weighted by molar-refractivity contribution is 0.473. The number of aromatic nitrogens is 3. The summed E-state index contributed by atoms with van der Waals surface area (Å²) >= 11 is 6.14. The second-order valence-electron chi connectivity index (χ2n) is 6.87. The molecular weight excluding hydrogens is 374 g/mol. The normalized spacial score (nSPS) is 13.2. The van der Waals surface area contributed by atoms with E-state index in [1.165, 1.54) is 5.56 Å². The van der Waals surface area contributed by atoms with Gasteiger partial charge in [0.25, 0.3) is 0 Å². The zero-order valence-electron chi connectivity index (χ0n) is 15.5. The molecule has 3 aromatic rings. The number of nitrogens with zero attached hydrogens (tertiary/aromatic N) is 4. The van der Waals surface area contributed by atoms with E-state index in [1.54, 1.807) is 6.07 Å². The minimum absolute atomic E-state index is 0.187. The number of nitrogens with one attached hydrogen (secondary N) is 1. The van der Waals surface area contributed by atoms with E-state index in [2.05, 4.69) is 49.4 Å². The molecule has 0 fully saturated rings. The molecule has 144 valence electrons. The van der Waals surface area contributed by atoms with Gasteiger partial charge in [-0.25, -0.2) is 0 Å². The number of anilines is 2. The third-order valence-electron chi connectivity index (χ3n) is 4.85. The van der Waals surface area contributed by atoms with Gasteiger partial charge in [-0.05, 0) is 59.7 Å². The molecule has 1 aliphatic rings. The number of fused-ring (bicyclic) bond motifs is 1. The van der Waals surface area contributed by atoms with Crippen molar-refractivity contribution in [3.05, 3.63) is 70.5 Å². The molecule has 0 spiro atoms. The first-order chi connectivity index (χ1) is 13.7. The average molecular weight is 396 g/mol. The molecule has 0 aliphatic carbocycles. The Kier molecular flexibility index (Phi) is 5.58. The molecule has 4 rings (SSSR count). The third kappa shape index (κ3) is 4.51. The average Bonchev–Trinajstić information content (AvgIpc) is 2.71. The Bertz CT molecular complexity index is 951. The number of aryl methyl sites for hydroxylation is 1. The van der Waals surface area contributed by atoms with Gasteiger partial charge in [-0.3, -0.25) is 0 Å². The Morgan fingerprint density at radius 3 is 2.75 bits per heavy atom. The summed E-state index contributed by atoms with van der Waals surface area (Å²) in [5.41, 5.74) is 3.64. The highest BCUT2D eigenvalue weighted by molar-refractivity contribution is 6.28. The van der Waals surface area contributed by atoms with Gasteiger partial charge in [0.1, 0.15) is 5.75 Å². The molecule has 0 bridgehead atoms. The first-order valence-corrected chi connectivity index (χ1v) is 9.80. The van der Waals surface area contributed by atoms with Crippen molar-refractivity contribution in [2.45, 2.75) is 25.8 Å². The molecule has 6 nitrogen and oxygen atoms in total. The lowest BCUT2D eigenvalue weighted by Gasteiger charge is -2.29. The van der Waals surface area contributed by atoms with Crippen LogP contribution in [0.3, 0.4) is 0 Å². The smallest absolute Gasteiger partial charge is 0.231 e. The van der Waals surface area contributed by atoms with Crippen LogP contribution in [0.1, 0.15) is 23.1 Å². The fourth-order valence-corrected chi connectivity index (χ4v) is 3.56. The summed E-state index contributed by atoms with van der Waals surface area (Å²) in [7, 11) is 0. The molecule has 0 amide bonds. The highest BCUT2D eigenvalue weighted by Crippen LogP contribution is 2.26. The van der Waals surface area contributed by atoms with Crippen molar-refractivity contribution in [2.24, 2.45) is 0 Å². The van der Waals surface area contributed by atoms with Crippen molar-refractivity contribution < 1.29 is 5.11 Å². The van der Waals surface area contributed by atoms with Gasteiger partial charge in [-0.2, -0.15) is 15.0 Å². The van der Waals surface area contributed by atoms with Crippen LogP contribution >= 0.6 is 11.6 Å². The van der Waals surface area contributed by atoms with E-state index in [1.807, 2.05) is 18.2 Å². The van der Waals surface area contributed by atoms with Crippen LogP contribution < -0.4 is 10.2 Å². The van der Waals surface area contributed by atoms with Gasteiger partial charge in [0, 0.05) is 19.6 Å². The second-order valence-corrected chi connectivity index (χ2v) is 7.21. The maximum Gasteiger partial charge on any atom is 0.231 e. The van der Waals surface area contributed by atoms with E-state index < -0.39 is 0 Å². The predicted octanol–water partition coefficient (Wildman–Crippen LogP) is 3.84. The van der Waals surface area contributed by atoms with Crippen LogP contribution in [0.5, 0.6) is 5.75 Å². The summed E-state index contributed by atoms with van der Waals surface area (Å²) in [6.07, 6.45) is 2.80. The van der Waals surface area contributed by atoms with E-state index >= 15 is 0 Å². The van der Waals surface area contributed by atoms with E-state index in [4.69, 9.17) is 11.6 Å². The summed E-state index contributed by atoms with van der Waals surface area (Å²) in [5, 5.41) is 13.1. The Balaban J connectivity index is 1.39. The van der Waals surface area contributed by atoms with Gasteiger partial charge < -0.3 is 15.3 Å². The quantitative estimate of drug-likeness (QED) is 0.618. The van der Waals surface area contributed by atoms with Crippen LogP contribution in [0, 0.1) is 0 Å². The molecule has 28 heavy (non-hydrogen) atoms. The molecular formula is C21H22ClN5O. The number of phenolic OH excluding ortho intramolecular Hbond substituents is 1. The van der Waals surface area contributed by atoms with Crippen LogP contribution in [0.4, 0.5) is 11.9 Å². The first kappa shape index (κ1) is 18.5. The largest absolute Gasteiger partial charge is 0.508 e. The monoisotopic (exact) mass is 395 g/mol. The molecule has 2 aromatic carbocycles. The molecule has 0 unspecified atom stereocenters. The highest BCUT2D eigenvalue weighted by Gasteiger charge is 2.20. The highest BCUT2D eigenvalue weighted by atomic mass is 35.5. The Morgan fingerprint density at radius 1 is 1.04 bits per heavy atom. The molecule has 0 atom stereocenters. The maximum absolute atomic E-state index is 9.65. The minimum atomic E-state index is 0.187. The molecule has 7 heteroatoms. The number of rotatable bonds is 6. The Hall–Kier alpha value is -2.86. The molecule has 2 heterocycles. The number of aromatic hydroxyl groups is 1. The van der Waals surface area contributed by atoms with Crippen LogP contribution in [-0.2, 0) is 19.4 Å². The van der Waals surface area contributed by atoms with Gasteiger partial charge >= 0.3 is 0 Å². The van der Waals surface area contributed by atoms with Crippen LogP contribution in [-0.4, -0.2) is 33.1 Å². The molecule has 0 saturated carbocycles. The fraction of sp³-hybridized carbons (Fsp3) is 0.286. The predicted molar refractivity (Wildman–Crippen MR) is 111 cm³/mol. The summed E-state index contributed by atoms with van der Waals surface area (Å²) in [4.78, 5) is 15.1. The number of hydrogen-bond acceptors (Lipinski definition) is 6. The van der Waals surface area contributed by atoms with Crippen molar-refractivity contribution in [3.63, 3.8) is 0 Å². The number of halogens is 1. The maximum atomic E-state index is 9.65. The van der Waals surface area contributed by atoms with Crippen molar-refractivity contribution in [1.82, 2.24) is 15.0 Å². The molecule has 1 aliphatic heterocycles. The second kappa shape index (κ2) is 8.44. The Labute approximate surface area is 169 Å². The number of phenols is 1. The molecule has 2 N–H and O–H groups in total. The molecule has 0 saturated heterocycles. The molecule has 1 aromatic heterocycles. The standard InChI is InChI=1S/C21H22ClN5O/c22-19-24-20(23-11-4-7-15-5-2-1-3-6-15)26-21(25-19)27-12-10-16-13-18(28)9-8-17(16)14-27/h1-3,5-6,8-9,13,28H,4,7,10-12,14H2,(H,23,24,25,26). The van der Waals surface area contributed by atoms with Crippen LogP contribution in [0.15, 0.2) is 48.5 Å². The van der Waals surface area contributed by atoms with Crippen molar-refractivity contribution in [1.29, 1.82) is 0 Å². The van der Waals surface area contributed by atoms with E-state index in [9.17, 15) is 5.11 Å². The van der Waals surface area contributed by atoms with Gasteiger partial charge in [-0.1, -0.05) is 36.4 Å². The zero-order valence-corrected chi connectivity index (χ0v) is 16.2. The van der Waals surface area contributed by atoms with Crippen LogP contribution in [0.2, 0.25) is 5.28 Å². The third-order valence-corrected chi connectivity index (χ3v) is 5.02. The fourth-order valence-electron chi connectivity index (χ4n) is 3.41. The van der Waals surface area contributed by atoms with Gasteiger partial charge in [0.15, 0.2) is 0 Å². The van der Waals surface area contributed by atoms with Crippen LogP contribution in [0.25, 0.3) is 0 Å². The molecule has 0 radical (unpaired) electrons. The summed E-state index contributed by atoms with van der Waals surface area (Å²) in [6.45, 7) is 2.21. The Morgan fingerprint density at radius 2 is 1.89 bits per heavy atom. The van der Waals surface area contributed by atoms with Crippen molar-refractivity contribution >= 4 is 23.5 Å². The van der Waals surface area contributed by atoms with Crippen molar-refractivity contribution in [2.75, 3.05) is 23.3 Å². The summed E-state index contributed by atoms with van der Waals surface area (Å²) < 4.78 is 0. The SMILES string of the molecule is Oc1ccc2c(c1)CCN(c1nc(Cl)nc(NCCCc3ccccc3)n1)C2. The zero-order chi connectivity index (χ0) is 19.3. The van der Waals surface area contributed by atoms with E-state index in [0.29, 0.717) is 24.2 Å². The number of hydrogen-bond donors (Lipinski definition) is 2. The van der Waals surface area contributed by atoms with Crippen molar-refractivity contribution in [3.8, 4) is 5.75 Å². The summed E-state index contributed by atoms with van der Waals surface area (Å²) in [6, 6.07) is 15.9. The lowest BCUT2D eigenvalue weighted by atomic mass is 10.00. The first-order valence-electron chi connectivity index (χ1n) is 9.42. The van der Waals surface area contributed by atoms with E-state index in [0.717, 1.165) is 43.5 Å². The topological polar surface area (TPSA) is 74.2 Å². The van der Waals surface area contributed by atoms with Gasteiger partial charge in [-0.15, -0.1) is 0 Å². The number of benzene rings is 2. The summed E-state index contributed by atoms with van der Waals surface area (Å²) in [5.74, 6) is 1.38. The van der Waals surface area contributed by atoms with Gasteiger partial charge in [0.2, 0.25) is 17.2 Å². The lowest BCUT2D eigenvalue weighted by Crippen LogP contribution is -2.32. The van der Waals surface area contributed by atoms with Gasteiger partial charge in [0.05, 0.1) is 0 Å².